The third kappa shape index (κ3) is 2.16. The fraction of sp³-hybridized carbons (Fsp3) is 0.385. The summed E-state index contributed by atoms with van der Waals surface area (Å²) in [4.78, 5) is 0. The summed E-state index contributed by atoms with van der Waals surface area (Å²) in [6.45, 7) is 9.92. The first-order valence-electron chi connectivity index (χ1n) is 4.99. The molecule has 0 aliphatic carbocycles. The highest BCUT2D eigenvalue weighted by Crippen LogP contribution is 2.28. The van der Waals surface area contributed by atoms with Gasteiger partial charge in [0.1, 0.15) is 5.75 Å². The van der Waals surface area contributed by atoms with E-state index in [0.717, 1.165) is 17.5 Å². The van der Waals surface area contributed by atoms with Crippen molar-refractivity contribution in [2.45, 2.75) is 33.1 Å². The van der Waals surface area contributed by atoms with E-state index in [-0.39, 0.29) is 0 Å². The molecule has 76 valence electrons. The molecule has 1 rings (SSSR count). The van der Waals surface area contributed by atoms with Gasteiger partial charge in [-0.2, -0.15) is 0 Å². The second kappa shape index (κ2) is 4.32. The molecule has 0 saturated carbocycles. The van der Waals surface area contributed by atoms with Gasteiger partial charge < -0.3 is 5.11 Å². The van der Waals surface area contributed by atoms with Gasteiger partial charge in [0, 0.05) is 0 Å². The van der Waals surface area contributed by atoms with E-state index < -0.39 is 0 Å². The molecule has 0 radical (unpaired) electrons. The van der Waals surface area contributed by atoms with Crippen molar-refractivity contribution < 1.29 is 5.11 Å². The van der Waals surface area contributed by atoms with Gasteiger partial charge in [-0.3, -0.25) is 0 Å². The lowest BCUT2D eigenvalue weighted by molar-refractivity contribution is 0.464. The van der Waals surface area contributed by atoms with Gasteiger partial charge in [0.25, 0.3) is 0 Å². The number of hydrogen-bond acceptors (Lipinski definition) is 1. The van der Waals surface area contributed by atoms with Crippen molar-refractivity contribution in [3.8, 4) is 5.75 Å². The van der Waals surface area contributed by atoms with Gasteiger partial charge in [0.05, 0.1) is 0 Å². The molecule has 14 heavy (non-hydrogen) atoms. The van der Waals surface area contributed by atoms with Crippen molar-refractivity contribution in [3.05, 3.63) is 41.5 Å². The van der Waals surface area contributed by atoms with Crippen LogP contribution in [0.25, 0.3) is 0 Å². The van der Waals surface area contributed by atoms with Gasteiger partial charge in [-0.05, 0) is 42.0 Å². The Kier molecular flexibility index (Phi) is 3.34. The average molecular weight is 190 g/mol. The van der Waals surface area contributed by atoms with E-state index in [1.54, 1.807) is 0 Å². The molecular formula is C13H18O. The van der Waals surface area contributed by atoms with Gasteiger partial charge in [0.15, 0.2) is 0 Å². The lowest BCUT2D eigenvalue weighted by Gasteiger charge is -2.12. The minimum absolute atomic E-state index is 0.360. The maximum Gasteiger partial charge on any atom is 0.119 e. The van der Waals surface area contributed by atoms with E-state index >= 15 is 0 Å². The molecule has 0 atom stereocenters. The Balaban J connectivity index is 3.19. The number of aromatic hydroxyl groups is 1. The third-order valence-electron chi connectivity index (χ3n) is 2.47. The van der Waals surface area contributed by atoms with Crippen LogP contribution in [0.5, 0.6) is 5.75 Å². The fourth-order valence-corrected chi connectivity index (χ4v) is 1.59. The van der Waals surface area contributed by atoms with E-state index in [1.165, 1.54) is 5.56 Å². The molecule has 1 aromatic rings. The van der Waals surface area contributed by atoms with E-state index in [0.29, 0.717) is 11.7 Å². The van der Waals surface area contributed by atoms with Crippen LogP contribution in [0, 0.1) is 6.92 Å². The number of phenolic OH excluding ortho intramolecular Hbond substituents is 1. The Morgan fingerprint density at radius 3 is 2.57 bits per heavy atom. The van der Waals surface area contributed by atoms with Crippen LogP contribution in [-0.4, -0.2) is 5.11 Å². The van der Waals surface area contributed by atoms with Crippen LogP contribution in [0.15, 0.2) is 24.8 Å². The smallest absolute Gasteiger partial charge is 0.119 e. The van der Waals surface area contributed by atoms with E-state index in [9.17, 15) is 5.11 Å². The first kappa shape index (κ1) is 10.8. The van der Waals surface area contributed by atoms with Crippen LogP contribution in [0.1, 0.15) is 36.5 Å². The van der Waals surface area contributed by atoms with Crippen molar-refractivity contribution in [1.29, 1.82) is 0 Å². The number of allylic oxidation sites excluding steroid dienone is 1. The largest absolute Gasteiger partial charge is 0.508 e. The summed E-state index contributed by atoms with van der Waals surface area (Å²) in [5.41, 5.74) is 3.40. The lowest BCUT2D eigenvalue weighted by Crippen LogP contribution is -1.94. The van der Waals surface area contributed by atoms with Crippen molar-refractivity contribution in [2.24, 2.45) is 0 Å². The predicted molar refractivity (Wildman–Crippen MR) is 60.8 cm³/mol. The molecular weight excluding hydrogens is 172 g/mol. The predicted octanol–water partition coefficient (Wildman–Crippen LogP) is 3.55. The highest BCUT2D eigenvalue weighted by atomic mass is 16.3. The molecule has 0 aromatic heterocycles. The topological polar surface area (TPSA) is 20.2 Å². The molecule has 1 N–H and O–H groups in total. The SMILES string of the molecule is C=CCc1cc(C(C)C)c(O)cc1C. The van der Waals surface area contributed by atoms with Crippen LogP contribution in [-0.2, 0) is 6.42 Å². The molecule has 0 saturated heterocycles. The molecule has 0 unspecified atom stereocenters. The van der Waals surface area contributed by atoms with Gasteiger partial charge in [-0.15, -0.1) is 6.58 Å². The second-order valence-electron chi connectivity index (χ2n) is 3.99. The Morgan fingerprint density at radius 1 is 1.43 bits per heavy atom. The molecule has 0 spiro atoms. The van der Waals surface area contributed by atoms with E-state index in [1.807, 2.05) is 19.1 Å². The van der Waals surface area contributed by atoms with Crippen molar-refractivity contribution in [3.63, 3.8) is 0 Å². The second-order valence-corrected chi connectivity index (χ2v) is 3.99. The first-order chi connectivity index (χ1) is 6.56. The summed E-state index contributed by atoms with van der Waals surface area (Å²) in [5.74, 6) is 0.768. The van der Waals surface area contributed by atoms with Crippen LogP contribution in [0.2, 0.25) is 0 Å². The number of benzene rings is 1. The Bertz CT molecular complexity index is 337. The third-order valence-corrected chi connectivity index (χ3v) is 2.47. The molecule has 0 bridgehead atoms. The number of phenols is 1. The summed E-state index contributed by atoms with van der Waals surface area (Å²) in [5, 5.41) is 9.73. The summed E-state index contributed by atoms with van der Waals surface area (Å²) in [6.07, 6.45) is 2.76. The summed E-state index contributed by atoms with van der Waals surface area (Å²) in [6, 6.07) is 3.92. The van der Waals surface area contributed by atoms with Crippen molar-refractivity contribution >= 4 is 0 Å². The first-order valence-corrected chi connectivity index (χ1v) is 4.99. The molecule has 1 aromatic carbocycles. The standard InChI is InChI=1S/C13H18O/c1-5-6-11-8-12(9(2)3)13(14)7-10(11)4/h5,7-9,14H,1,6H2,2-4H3. The number of aryl methyl sites for hydroxylation is 1. The van der Waals surface area contributed by atoms with Gasteiger partial charge in [-0.1, -0.05) is 26.0 Å². The minimum Gasteiger partial charge on any atom is -0.508 e. The van der Waals surface area contributed by atoms with Crippen molar-refractivity contribution in [1.82, 2.24) is 0 Å². The molecule has 0 heterocycles. The lowest BCUT2D eigenvalue weighted by atomic mass is 9.95. The summed E-state index contributed by atoms with van der Waals surface area (Å²) < 4.78 is 0. The van der Waals surface area contributed by atoms with Gasteiger partial charge >= 0.3 is 0 Å². The molecule has 0 amide bonds. The highest BCUT2D eigenvalue weighted by molar-refractivity contribution is 5.43. The Labute approximate surface area is 86.1 Å². The van der Waals surface area contributed by atoms with Crippen LogP contribution in [0.4, 0.5) is 0 Å². The fourth-order valence-electron chi connectivity index (χ4n) is 1.59. The zero-order chi connectivity index (χ0) is 10.7. The van der Waals surface area contributed by atoms with Crippen LogP contribution < -0.4 is 0 Å². The maximum atomic E-state index is 9.73. The van der Waals surface area contributed by atoms with Gasteiger partial charge in [0.2, 0.25) is 0 Å². The van der Waals surface area contributed by atoms with Gasteiger partial charge in [-0.25, -0.2) is 0 Å². The van der Waals surface area contributed by atoms with E-state index in [2.05, 4.69) is 26.5 Å². The quantitative estimate of drug-likeness (QED) is 0.723. The monoisotopic (exact) mass is 190 g/mol. The normalized spacial score (nSPS) is 10.6. The Hall–Kier alpha value is -1.24. The van der Waals surface area contributed by atoms with Crippen molar-refractivity contribution in [2.75, 3.05) is 0 Å². The zero-order valence-electron chi connectivity index (χ0n) is 9.17. The summed E-state index contributed by atoms with van der Waals surface area (Å²) >= 11 is 0. The van der Waals surface area contributed by atoms with Crippen LogP contribution in [0.3, 0.4) is 0 Å². The average Bonchev–Trinajstić information content (AvgIpc) is 2.09. The van der Waals surface area contributed by atoms with E-state index in [4.69, 9.17) is 0 Å². The Morgan fingerprint density at radius 2 is 2.07 bits per heavy atom. The number of hydrogen-bond donors (Lipinski definition) is 1. The van der Waals surface area contributed by atoms with Crippen LogP contribution >= 0.6 is 0 Å². The maximum absolute atomic E-state index is 9.73. The molecule has 1 heteroatoms. The molecule has 0 fully saturated rings. The number of rotatable bonds is 3. The molecule has 1 nitrogen and oxygen atoms in total. The zero-order valence-corrected chi connectivity index (χ0v) is 9.17. The molecule has 0 aliphatic heterocycles. The summed E-state index contributed by atoms with van der Waals surface area (Å²) in [7, 11) is 0. The minimum atomic E-state index is 0.360. The highest BCUT2D eigenvalue weighted by Gasteiger charge is 2.08. The molecule has 0 aliphatic rings.